The Labute approximate surface area is 160 Å². The Hall–Kier alpha value is -3.65. The number of ketones is 1. The van der Waals surface area contributed by atoms with Gasteiger partial charge in [0.2, 0.25) is 5.76 Å². The van der Waals surface area contributed by atoms with Gasteiger partial charge in [-0.25, -0.2) is 13.2 Å². The Balaban J connectivity index is 1.94. The van der Waals surface area contributed by atoms with Gasteiger partial charge >= 0.3 is 5.97 Å². The van der Waals surface area contributed by atoms with Gasteiger partial charge in [0, 0.05) is 22.7 Å². The molecule has 3 rings (SSSR count). The third-order valence-electron chi connectivity index (χ3n) is 3.93. The fraction of sp³-hybridized carbons (Fsp3) is 0. The summed E-state index contributed by atoms with van der Waals surface area (Å²) in [5.74, 6) is -3.51. The lowest BCUT2D eigenvalue weighted by Gasteiger charge is -2.11. The summed E-state index contributed by atoms with van der Waals surface area (Å²) in [6.45, 7) is 0. The Kier molecular flexibility index (Phi) is 5.14. The molecule has 0 unspecified atom stereocenters. The van der Waals surface area contributed by atoms with Gasteiger partial charge in [-0.15, -0.1) is 0 Å². The molecule has 0 spiro atoms. The van der Waals surface area contributed by atoms with E-state index in [2.05, 4.69) is 4.72 Å². The van der Waals surface area contributed by atoms with E-state index in [0.717, 1.165) is 5.39 Å². The molecule has 0 atom stereocenters. The SMILES string of the molecule is O=C(O)C(O)=CC(=O)c1cccc(NS(=O)(=O)c2cccc3ccccc23)c1. The summed E-state index contributed by atoms with van der Waals surface area (Å²) in [6.07, 6.45) is 0.556. The molecule has 8 heteroatoms. The van der Waals surface area contributed by atoms with Crippen molar-refractivity contribution < 1.29 is 28.2 Å². The molecule has 3 aromatic carbocycles. The number of aliphatic carboxylic acids is 1. The molecule has 0 heterocycles. The normalized spacial score (nSPS) is 11.9. The molecular formula is C20H15NO6S. The first-order chi connectivity index (χ1) is 13.3. The number of hydrogen-bond donors (Lipinski definition) is 3. The van der Waals surface area contributed by atoms with Gasteiger partial charge in [0.25, 0.3) is 10.0 Å². The highest BCUT2D eigenvalue weighted by atomic mass is 32.2. The zero-order chi connectivity index (χ0) is 20.3. The topological polar surface area (TPSA) is 121 Å². The first-order valence-electron chi connectivity index (χ1n) is 8.07. The van der Waals surface area contributed by atoms with E-state index in [1.807, 2.05) is 0 Å². The van der Waals surface area contributed by atoms with Gasteiger partial charge in [-0.2, -0.15) is 0 Å². The smallest absolute Gasteiger partial charge is 0.371 e. The summed E-state index contributed by atoms with van der Waals surface area (Å²) < 4.78 is 28.1. The standard InChI is InChI=1S/C20H15NO6S/c22-17(12-18(23)20(24)25)14-7-3-8-15(11-14)21-28(26,27)19-10-4-6-13-5-1-2-9-16(13)19/h1-12,21,23H,(H,24,25). The molecule has 3 aromatic rings. The third-order valence-corrected chi connectivity index (χ3v) is 5.36. The average Bonchev–Trinajstić information content (AvgIpc) is 2.67. The summed E-state index contributed by atoms with van der Waals surface area (Å²) in [7, 11) is -3.94. The Morgan fingerprint density at radius 2 is 1.57 bits per heavy atom. The van der Waals surface area contributed by atoms with Crippen LogP contribution in [-0.2, 0) is 14.8 Å². The molecular weight excluding hydrogens is 382 g/mol. The second kappa shape index (κ2) is 7.53. The van der Waals surface area contributed by atoms with Gasteiger partial charge < -0.3 is 10.2 Å². The van der Waals surface area contributed by atoms with E-state index < -0.39 is 27.5 Å². The fourth-order valence-corrected chi connectivity index (χ4v) is 3.93. The van der Waals surface area contributed by atoms with Gasteiger partial charge in [-0.1, -0.05) is 48.5 Å². The number of carbonyl (C=O) groups is 2. The number of anilines is 1. The molecule has 0 aromatic heterocycles. The number of carboxylic acids is 1. The highest BCUT2D eigenvalue weighted by molar-refractivity contribution is 7.93. The maximum absolute atomic E-state index is 12.8. The lowest BCUT2D eigenvalue weighted by molar-refractivity contribution is -0.135. The van der Waals surface area contributed by atoms with Crippen molar-refractivity contribution in [3.63, 3.8) is 0 Å². The number of aliphatic hydroxyl groups is 1. The van der Waals surface area contributed by atoms with Crippen molar-refractivity contribution in [2.24, 2.45) is 0 Å². The number of fused-ring (bicyclic) bond motifs is 1. The molecule has 7 nitrogen and oxygen atoms in total. The van der Waals surface area contributed by atoms with E-state index >= 15 is 0 Å². The molecule has 0 saturated heterocycles. The third kappa shape index (κ3) is 4.02. The van der Waals surface area contributed by atoms with Gasteiger partial charge in [0.1, 0.15) is 0 Å². The van der Waals surface area contributed by atoms with E-state index in [1.54, 1.807) is 36.4 Å². The predicted molar refractivity (Wildman–Crippen MR) is 104 cm³/mol. The molecule has 0 saturated carbocycles. The number of benzene rings is 3. The zero-order valence-electron chi connectivity index (χ0n) is 14.4. The quantitative estimate of drug-likeness (QED) is 0.333. The number of carbonyl (C=O) groups excluding carboxylic acids is 1. The van der Waals surface area contributed by atoms with Crippen molar-refractivity contribution in [3.8, 4) is 0 Å². The van der Waals surface area contributed by atoms with Crippen LogP contribution in [0.25, 0.3) is 10.8 Å². The summed E-state index contributed by atoms with van der Waals surface area (Å²) in [5, 5.41) is 19.1. The minimum absolute atomic E-state index is 0.0194. The molecule has 28 heavy (non-hydrogen) atoms. The number of nitrogens with one attached hydrogen (secondary N) is 1. The summed E-state index contributed by atoms with van der Waals surface area (Å²) in [4.78, 5) is 22.8. The van der Waals surface area contributed by atoms with Gasteiger partial charge in [0.05, 0.1) is 4.90 Å². The van der Waals surface area contributed by atoms with Crippen LogP contribution in [0.15, 0.2) is 83.5 Å². The average molecular weight is 397 g/mol. The number of hydrogen-bond acceptors (Lipinski definition) is 5. The summed E-state index contributed by atoms with van der Waals surface area (Å²) >= 11 is 0. The largest absolute Gasteiger partial charge is 0.502 e. The van der Waals surface area contributed by atoms with Gasteiger partial charge in [-0.3, -0.25) is 9.52 Å². The van der Waals surface area contributed by atoms with E-state index in [9.17, 15) is 23.1 Å². The number of rotatable bonds is 6. The number of allylic oxidation sites excluding steroid dienone is 1. The monoisotopic (exact) mass is 397 g/mol. The lowest BCUT2D eigenvalue weighted by atomic mass is 10.1. The highest BCUT2D eigenvalue weighted by Gasteiger charge is 2.18. The van der Waals surface area contributed by atoms with Gasteiger partial charge in [0.15, 0.2) is 5.78 Å². The van der Waals surface area contributed by atoms with E-state index in [4.69, 9.17) is 5.11 Å². The number of carboxylic acid groups (broad SMARTS) is 1. The first-order valence-corrected chi connectivity index (χ1v) is 9.55. The van der Waals surface area contributed by atoms with Crippen molar-refractivity contribution in [1.29, 1.82) is 0 Å². The van der Waals surface area contributed by atoms with Gasteiger partial charge in [-0.05, 0) is 23.6 Å². The van der Waals surface area contributed by atoms with Crippen LogP contribution in [0, 0.1) is 0 Å². The molecule has 142 valence electrons. The van der Waals surface area contributed by atoms with Crippen LogP contribution in [0.2, 0.25) is 0 Å². The zero-order valence-corrected chi connectivity index (χ0v) is 15.2. The fourth-order valence-electron chi connectivity index (χ4n) is 2.65. The van der Waals surface area contributed by atoms with Crippen molar-refractivity contribution in [3.05, 3.63) is 84.1 Å². The maximum atomic E-state index is 12.8. The van der Waals surface area contributed by atoms with Crippen molar-refractivity contribution >= 4 is 38.2 Å². The molecule has 0 radical (unpaired) electrons. The second-order valence-electron chi connectivity index (χ2n) is 5.86. The van der Waals surface area contributed by atoms with E-state index in [0.29, 0.717) is 11.5 Å². The summed E-state index contributed by atoms with van der Waals surface area (Å²) in [6, 6.07) is 17.5. The maximum Gasteiger partial charge on any atom is 0.371 e. The molecule has 0 aliphatic carbocycles. The molecule has 3 N–H and O–H groups in total. The molecule has 0 aliphatic rings. The molecule has 0 aliphatic heterocycles. The Morgan fingerprint density at radius 3 is 2.32 bits per heavy atom. The second-order valence-corrected chi connectivity index (χ2v) is 7.51. The van der Waals surface area contributed by atoms with Crippen molar-refractivity contribution in [2.75, 3.05) is 4.72 Å². The minimum atomic E-state index is -3.94. The minimum Gasteiger partial charge on any atom is -0.502 e. The van der Waals surface area contributed by atoms with Crippen molar-refractivity contribution in [2.45, 2.75) is 4.90 Å². The van der Waals surface area contributed by atoms with Crippen LogP contribution in [0.5, 0.6) is 0 Å². The van der Waals surface area contributed by atoms with Crippen LogP contribution in [0.3, 0.4) is 0 Å². The Bertz CT molecular complexity index is 1210. The van der Waals surface area contributed by atoms with Crippen LogP contribution in [-0.4, -0.2) is 30.4 Å². The first kappa shape index (κ1) is 19.1. The molecule has 0 bridgehead atoms. The highest BCUT2D eigenvalue weighted by Crippen LogP contribution is 2.25. The number of sulfonamides is 1. The van der Waals surface area contributed by atoms with Crippen LogP contribution in [0.1, 0.15) is 10.4 Å². The Morgan fingerprint density at radius 1 is 0.893 bits per heavy atom. The van der Waals surface area contributed by atoms with E-state index in [-0.39, 0.29) is 16.1 Å². The van der Waals surface area contributed by atoms with E-state index in [1.165, 1.54) is 30.3 Å². The van der Waals surface area contributed by atoms with Crippen LogP contribution >= 0.6 is 0 Å². The predicted octanol–water partition coefficient (Wildman–Crippen LogP) is 3.35. The van der Waals surface area contributed by atoms with Crippen LogP contribution < -0.4 is 4.72 Å². The van der Waals surface area contributed by atoms with Crippen molar-refractivity contribution in [1.82, 2.24) is 0 Å². The summed E-state index contributed by atoms with van der Waals surface area (Å²) in [5.41, 5.74) is 0.146. The lowest BCUT2D eigenvalue weighted by Crippen LogP contribution is -2.14. The van der Waals surface area contributed by atoms with Crippen LogP contribution in [0.4, 0.5) is 5.69 Å². The molecule has 0 fully saturated rings. The number of aliphatic hydroxyl groups excluding tert-OH is 1. The molecule has 0 amide bonds.